The smallest absolute Gasteiger partial charge is 0.270 e. The molecule has 1 heterocycles. The van der Waals surface area contributed by atoms with E-state index in [9.17, 15) is 14.9 Å². The van der Waals surface area contributed by atoms with Crippen molar-refractivity contribution < 1.29 is 14.5 Å². The maximum Gasteiger partial charge on any atom is 0.270 e. The van der Waals surface area contributed by atoms with Crippen molar-refractivity contribution in [3.8, 4) is 5.75 Å². The van der Waals surface area contributed by atoms with Crippen molar-refractivity contribution in [2.45, 2.75) is 0 Å². The topological polar surface area (TPSA) is 106 Å². The number of carbonyl (C=O) groups excluding carboxylic acids is 1. The maximum absolute atomic E-state index is 12.0. The number of nitro groups is 1. The maximum atomic E-state index is 12.0. The van der Waals surface area contributed by atoms with Crippen molar-refractivity contribution in [2.24, 2.45) is 10.2 Å². The summed E-state index contributed by atoms with van der Waals surface area (Å²) in [4.78, 5) is 22.8. The highest BCUT2D eigenvalue weighted by Gasteiger charge is 2.23. The summed E-state index contributed by atoms with van der Waals surface area (Å²) in [6, 6.07) is 13.3. The number of amidine groups is 1. The van der Waals surface area contributed by atoms with Crippen LogP contribution in [0.3, 0.4) is 0 Å². The SMILES string of the molecule is COc1ccc(/C=C2\S/C(=N\N=C\c3cccc([N+](=O)[O-])c3)NC2=O)cc1. The summed E-state index contributed by atoms with van der Waals surface area (Å²) in [6.07, 6.45) is 3.13. The Bertz CT molecular complexity index is 968. The molecule has 1 aliphatic rings. The molecule has 0 saturated carbocycles. The third-order valence-corrected chi connectivity index (χ3v) is 4.40. The lowest BCUT2D eigenvalue weighted by atomic mass is 10.2. The van der Waals surface area contributed by atoms with Gasteiger partial charge in [-0.3, -0.25) is 20.2 Å². The quantitative estimate of drug-likeness (QED) is 0.370. The molecule has 2 aromatic carbocycles. The third-order valence-electron chi connectivity index (χ3n) is 3.50. The summed E-state index contributed by atoms with van der Waals surface area (Å²) < 4.78 is 5.10. The highest BCUT2D eigenvalue weighted by atomic mass is 32.2. The summed E-state index contributed by atoms with van der Waals surface area (Å²) in [5.74, 6) is 0.471. The van der Waals surface area contributed by atoms with Crippen molar-refractivity contribution in [2.75, 3.05) is 7.11 Å². The Kier molecular flexibility index (Phi) is 5.62. The minimum Gasteiger partial charge on any atom is -0.497 e. The van der Waals surface area contributed by atoms with E-state index in [1.807, 2.05) is 24.3 Å². The van der Waals surface area contributed by atoms with Crippen LogP contribution in [0.25, 0.3) is 6.08 Å². The Labute approximate surface area is 158 Å². The molecular weight excluding hydrogens is 368 g/mol. The second-order valence-corrected chi connectivity index (χ2v) is 6.37. The Morgan fingerprint density at radius 3 is 2.67 bits per heavy atom. The largest absolute Gasteiger partial charge is 0.497 e. The molecule has 0 radical (unpaired) electrons. The summed E-state index contributed by atoms with van der Waals surface area (Å²) >= 11 is 1.16. The van der Waals surface area contributed by atoms with Gasteiger partial charge in [0.2, 0.25) is 0 Å². The predicted molar refractivity (Wildman–Crippen MR) is 105 cm³/mol. The molecule has 0 bridgehead atoms. The lowest BCUT2D eigenvalue weighted by Crippen LogP contribution is -2.19. The predicted octanol–water partition coefficient (Wildman–Crippen LogP) is 3.20. The van der Waals surface area contributed by atoms with Crippen molar-refractivity contribution in [3.63, 3.8) is 0 Å². The first-order valence-corrected chi connectivity index (χ1v) is 8.57. The fourth-order valence-corrected chi connectivity index (χ4v) is 2.97. The molecule has 8 nitrogen and oxygen atoms in total. The molecule has 0 aliphatic carbocycles. The van der Waals surface area contributed by atoms with Crippen LogP contribution in [0, 0.1) is 10.1 Å². The first kappa shape index (κ1) is 18.3. The van der Waals surface area contributed by atoms with Crippen LogP contribution in [-0.2, 0) is 4.79 Å². The van der Waals surface area contributed by atoms with Gasteiger partial charge < -0.3 is 4.74 Å². The Morgan fingerprint density at radius 2 is 1.96 bits per heavy atom. The summed E-state index contributed by atoms with van der Waals surface area (Å²) in [5, 5.41) is 21.6. The number of nitrogens with one attached hydrogen (secondary N) is 1. The third kappa shape index (κ3) is 4.79. The highest BCUT2D eigenvalue weighted by Crippen LogP contribution is 2.26. The van der Waals surface area contributed by atoms with E-state index in [0.717, 1.165) is 23.1 Å². The average Bonchev–Trinajstić information content (AvgIpc) is 3.02. The fourth-order valence-electron chi connectivity index (χ4n) is 2.19. The lowest BCUT2D eigenvalue weighted by Gasteiger charge is -1.99. The molecule has 0 atom stereocenters. The van der Waals surface area contributed by atoms with Crippen molar-refractivity contribution in [1.29, 1.82) is 0 Å². The van der Waals surface area contributed by atoms with Crippen LogP contribution in [0.5, 0.6) is 5.75 Å². The first-order valence-electron chi connectivity index (χ1n) is 7.75. The number of rotatable bonds is 5. The molecule has 1 amide bonds. The Hall–Kier alpha value is -3.46. The van der Waals surface area contributed by atoms with Gasteiger partial charge in [0.15, 0.2) is 5.17 Å². The van der Waals surface area contributed by atoms with Gasteiger partial charge in [-0.05, 0) is 35.5 Å². The van der Waals surface area contributed by atoms with Gasteiger partial charge in [0.25, 0.3) is 11.6 Å². The number of non-ortho nitro benzene ring substituents is 1. The second-order valence-electron chi connectivity index (χ2n) is 5.34. The van der Waals surface area contributed by atoms with Gasteiger partial charge in [0.05, 0.1) is 23.2 Å². The normalized spacial score (nSPS) is 16.9. The molecular formula is C18H14N4O4S. The molecule has 136 valence electrons. The van der Waals surface area contributed by atoms with Gasteiger partial charge in [0.1, 0.15) is 5.75 Å². The molecule has 27 heavy (non-hydrogen) atoms. The van der Waals surface area contributed by atoms with Crippen LogP contribution < -0.4 is 10.1 Å². The van der Waals surface area contributed by atoms with E-state index in [2.05, 4.69) is 15.5 Å². The van der Waals surface area contributed by atoms with Crippen LogP contribution >= 0.6 is 11.8 Å². The van der Waals surface area contributed by atoms with E-state index in [0.29, 0.717) is 15.6 Å². The van der Waals surface area contributed by atoms with E-state index in [1.54, 1.807) is 25.3 Å². The molecule has 9 heteroatoms. The minimum absolute atomic E-state index is 0.0279. The number of ether oxygens (including phenoxy) is 1. The molecule has 1 N–H and O–H groups in total. The fraction of sp³-hybridized carbons (Fsp3) is 0.0556. The van der Waals surface area contributed by atoms with Gasteiger partial charge in [-0.25, -0.2) is 0 Å². The van der Waals surface area contributed by atoms with E-state index < -0.39 is 4.92 Å². The van der Waals surface area contributed by atoms with E-state index in [1.165, 1.54) is 18.3 Å². The molecule has 1 saturated heterocycles. The van der Waals surface area contributed by atoms with Gasteiger partial charge >= 0.3 is 0 Å². The number of nitrogens with zero attached hydrogens (tertiary/aromatic N) is 3. The molecule has 0 spiro atoms. The Morgan fingerprint density at radius 1 is 1.19 bits per heavy atom. The van der Waals surface area contributed by atoms with Crippen LogP contribution in [0.4, 0.5) is 5.69 Å². The lowest BCUT2D eigenvalue weighted by molar-refractivity contribution is -0.384. The van der Waals surface area contributed by atoms with Crippen LogP contribution in [-0.4, -0.2) is 29.3 Å². The van der Waals surface area contributed by atoms with Gasteiger partial charge in [-0.1, -0.05) is 24.3 Å². The highest BCUT2D eigenvalue weighted by molar-refractivity contribution is 8.18. The van der Waals surface area contributed by atoms with E-state index in [-0.39, 0.29) is 11.6 Å². The number of carbonyl (C=O) groups is 1. The summed E-state index contributed by atoms with van der Waals surface area (Å²) in [6.45, 7) is 0. The standard InChI is InChI=1S/C18H14N4O4S/c1-26-15-7-5-12(6-8-15)10-16-17(23)20-18(27-16)21-19-11-13-3-2-4-14(9-13)22(24)25/h2-11H,1H3,(H,20,21,23)/b16-10-,19-11+. The van der Waals surface area contributed by atoms with Crippen molar-refractivity contribution in [3.05, 3.63) is 74.7 Å². The molecule has 0 aromatic heterocycles. The number of amides is 1. The second kappa shape index (κ2) is 8.28. The molecule has 1 aliphatic heterocycles. The number of thioether (sulfide) groups is 1. The minimum atomic E-state index is -0.480. The van der Waals surface area contributed by atoms with Gasteiger partial charge in [-0.2, -0.15) is 5.10 Å². The van der Waals surface area contributed by atoms with Gasteiger partial charge in [0, 0.05) is 17.7 Å². The zero-order valence-corrected chi connectivity index (χ0v) is 15.0. The van der Waals surface area contributed by atoms with Crippen LogP contribution in [0.1, 0.15) is 11.1 Å². The molecule has 0 unspecified atom stereocenters. The number of benzene rings is 2. The zero-order chi connectivity index (χ0) is 19.2. The van der Waals surface area contributed by atoms with Crippen LogP contribution in [0.2, 0.25) is 0 Å². The molecule has 1 fully saturated rings. The summed E-state index contributed by atoms with van der Waals surface area (Å²) in [5.41, 5.74) is 1.37. The summed E-state index contributed by atoms with van der Waals surface area (Å²) in [7, 11) is 1.59. The number of methoxy groups -OCH3 is 1. The molecule has 3 rings (SSSR count). The van der Waals surface area contributed by atoms with E-state index in [4.69, 9.17) is 4.74 Å². The first-order chi connectivity index (χ1) is 13.0. The molecule has 2 aromatic rings. The van der Waals surface area contributed by atoms with Crippen molar-refractivity contribution in [1.82, 2.24) is 5.32 Å². The monoisotopic (exact) mass is 382 g/mol. The number of hydrogen-bond acceptors (Lipinski definition) is 7. The van der Waals surface area contributed by atoms with Crippen LogP contribution in [0.15, 0.2) is 63.6 Å². The van der Waals surface area contributed by atoms with E-state index >= 15 is 0 Å². The van der Waals surface area contributed by atoms with Gasteiger partial charge in [-0.15, -0.1) is 5.10 Å². The number of nitro benzene ring substituents is 1. The zero-order valence-electron chi connectivity index (χ0n) is 14.2. The average molecular weight is 382 g/mol. The number of hydrogen-bond donors (Lipinski definition) is 1. The van der Waals surface area contributed by atoms with Crippen molar-refractivity contribution >= 4 is 40.8 Å². The Balaban J connectivity index is 1.70.